The van der Waals surface area contributed by atoms with E-state index in [0.29, 0.717) is 50.9 Å². The molecule has 0 amide bonds. The van der Waals surface area contributed by atoms with Crippen LogP contribution in [0, 0.1) is 6.92 Å². The third-order valence-corrected chi connectivity index (χ3v) is 8.13. The monoisotopic (exact) mass is 551 g/mol. The minimum absolute atomic E-state index is 0.00500. The third kappa shape index (κ3) is 5.57. The lowest BCUT2D eigenvalue weighted by Gasteiger charge is -2.41. The highest BCUT2D eigenvalue weighted by Gasteiger charge is 2.36. The van der Waals surface area contributed by atoms with Crippen LogP contribution in [0.25, 0.3) is 11.4 Å². The van der Waals surface area contributed by atoms with Crippen LogP contribution in [-0.2, 0) is 23.9 Å². The van der Waals surface area contributed by atoms with E-state index >= 15 is 0 Å². The van der Waals surface area contributed by atoms with Crippen LogP contribution in [0.4, 0.5) is 24.7 Å². The molecule has 6 nitrogen and oxygen atoms in total. The SMILES string of the molecule is Cc1ccc(C(C)C)cc1N1CCc2nc(-c3ccccc3C(F)(F)F)nc(N3CCN(CC=O)C(C)C3)c2C1. The first kappa shape index (κ1) is 28.1. The van der Waals surface area contributed by atoms with Crippen molar-refractivity contribution >= 4 is 17.8 Å². The summed E-state index contributed by atoms with van der Waals surface area (Å²) >= 11 is 0. The molecule has 0 aliphatic carbocycles. The average Bonchev–Trinajstić information content (AvgIpc) is 2.93. The molecule has 0 N–H and O–H groups in total. The van der Waals surface area contributed by atoms with Crippen molar-refractivity contribution in [3.8, 4) is 11.4 Å². The van der Waals surface area contributed by atoms with Gasteiger partial charge in [0, 0.05) is 62.0 Å². The smallest absolute Gasteiger partial charge is 0.366 e. The molecule has 3 heterocycles. The van der Waals surface area contributed by atoms with E-state index in [2.05, 4.69) is 60.6 Å². The summed E-state index contributed by atoms with van der Waals surface area (Å²) in [6.07, 6.45) is -2.99. The molecule has 5 rings (SSSR count). The molecule has 0 bridgehead atoms. The zero-order valence-corrected chi connectivity index (χ0v) is 23.5. The molecule has 9 heteroatoms. The summed E-state index contributed by atoms with van der Waals surface area (Å²) in [7, 11) is 0. The Morgan fingerprint density at radius 3 is 2.52 bits per heavy atom. The topological polar surface area (TPSA) is 52.6 Å². The number of carbonyl (C=O) groups is 1. The Kier molecular flexibility index (Phi) is 7.86. The van der Waals surface area contributed by atoms with Crippen molar-refractivity contribution in [2.75, 3.05) is 42.5 Å². The summed E-state index contributed by atoms with van der Waals surface area (Å²) in [5.41, 5.74) is 4.64. The molecule has 1 aromatic heterocycles. The number of hydrogen-bond acceptors (Lipinski definition) is 6. The van der Waals surface area contributed by atoms with Crippen molar-refractivity contribution in [1.82, 2.24) is 14.9 Å². The van der Waals surface area contributed by atoms with E-state index in [-0.39, 0.29) is 17.4 Å². The highest BCUT2D eigenvalue weighted by atomic mass is 19.4. The van der Waals surface area contributed by atoms with Crippen molar-refractivity contribution in [1.29, 1.82) is 0 Å². The lowest BCUT2D eigenvalue weighted by molar-refractivity contribution is -0.137. The van der Waals surface area contributed by atoms with E-state index in [4.69, 9.17) is 9.97 Å². The van der Waals surface area contributed by atoms with Crippen LogP contribution in [-0.4, -0.2) is 59.9 Å². The Morgan fingerprint density at radius 1 is 1.05 bits per heavy atom. The molecule has 3 aromatic rings. The van der Waals surface area contributed by atoms with E-state index in [1.54, 1.807) is 6.07 Å². The standard InChI is InChI=1S/C31H36F3N5O/c1-20(2)23-10-9-21(3)28(17-23)38-12-11-27-25(19-38)30(39-14-13-37(15-16-40)22(4)18-39)36-29(35-27)24-7-5-6-8-26(24)31(32,33)34/h5-10,16-17,20,22H,11-15,18-19H2,1-4H3. The van der Waals surface area contributed by atoms with Crippen molar-refractivity contribution in [3.05, 3.63) is 70.4 Å². The van der Waals surface area contributed by atoms with E-state index in [1.807, 2.05) is 0 Å². The van der Waals surface area contributed by atoms with Crippen molar-refractivity contribution in [2.24, 2.45) is 0 Å². The summed E-state index contributed by atoms with van der Waals surface area (Å²) < 4.78 is 41.9. The molecule has 0 spiro atoms. The van der Waals surface area contributed by atoms with E-state index in [1.165, 1.54) is 28.9 Å². The Hall–Kier alpha value is -3.46. The quantitative estimate of drug-likeness (QED) is 0.358. The first-order valence-corrected chi connectivity index (χ1v) is 13.9. The maximum Gasteiger partial charge on any atom is 0.417 e. The molecule has 40 heavy (non-hydrogen) atoms. The number of benzene rings is 2. The number of rotatable bonds is 6. The molecule has 2 aliphatic heterocycles. The van der Waals surface area contributed by atoms with E-state index in [9.17, 15) is 18.0 Å². The fourth-order valence-corrected chi connectivity index (χ4v) is 5.79. The number of alkyl halides is 3. The summed E-state index contributed by atoms with van der Waals surface area (Å²) in [5.74, 6) is 1.20. The van der Waals surface area contributed by atoms with Crippen LogP contribution in [0.1, 0.15) is 54.6 Å². The molecule has 212 valence electrons. The minimum atomic E-state index is -4.51. The molecule has 2 aromatic carbocycles. The number of carbonyl (C=O) groups excluding carboxylic acids is 1. The number of aldehydes is 1. The van der Waals surface area contributed by atoms with Crippen LogP contribution in [0.5, 0.6) is 0 Å². The Bertz CT molecular complexity index is 1390. The van der Waals surface area contributed by atoms with Crippen molar-refractivity contribution < 1.29 is 18.0 Å². The number of fused-ring (bicyclic) bond motifs is 1. The van der Waals surface area contributed by atoms with Gasteiger partial charge in [0.25, 0.3) is 0 Å². The van der Waals surface area contributed by atoms with Gasteiger partial charge in [-0.1, -0.05) is 44.2 Å². The number of aryl methyl sites for hydroxylation is 1. The highest BCUT2D eigenvalue weighted by molar-refractivity contribution is 5.67. The van der Waals surface area contributed by atoms with Gasteiger partial charge in [-0.25, -0.2) is 9.97 Å². The zero-order valence-electron chi connectivity index (χ0n) is 23.5. The fraction of sp³-hybridized carbons (Fsp3) is 0.452. The Balaban J connectivity index is 1.59. The maximum atomic E-state index is 14.0. The summed E-state index contributed by atoms with van der Waals surface area (Å²) in [6.45, 7) is 12.1. The molecular weight excluding hydrogens is 515 g/mol. The van der Waals surface area contributed by atoms with Gasteiger partial charge in [-0.15, -0.1) is 0 Å². The zero-order chi connectivity index (χ0) is 28.6. The first-order valence-electron chi connectivity index (χ1n) is 13.9. The molecule has 1 unspecified atom stereocenters. The molecule has 0 saturated carbocycles. The second kappa shape index (κ2) is 11.2. The van der Waals surface area contributed by atoms with Gasteiger partial charge in [-0.05, 0) is 43.0 Å². The van der Waals surface area contributed by atoms with Gasteiger partial charge in [0.05, 0.1) is 17.8 Å². The van der Waals surface area contributed by atoms with Gasteiger partial charge in [0.2, 0.25) is 0 Å². The van der Waals surface area contributed by atoms with Crippen molar-refractivity contribution in [3.63, 3.8) is 0 Å². The van der Waals surface area contributed by atoms with Crippen LogP contribution >= 0.6 is 0 Å². The van der Waals surface area contributed by atoms with Gasteiger partial charge in [-0.3, -0.25) is 4.90 Å². The van der Waals surface area contributed by atoms with E-state index in [0.717, 1.165) is 30.2 Å². The molecule has 1 fully saturated rings. The highest BCUT2D eigenvalue weighted by Crippen LogP contribution is 2.39. The van der Waals surface area contributed by atoms with Crippen LogP contribution in [0.15, 0.2) is 42.5 Å². The van der Waals surface area contributed by atoms with Gasteiger partial charge in [0.15, 0.2) is 5.82 Å². The number of halogens is 3. The fourth-order valence-electron chi connectivity index (χ4n) is 5.79. The van der Waals surface area contributed by atoms with Gasteiger partial charge < -0.3 is 14.6 Å². The predicted octanol–water partition coefficient (Wildman–Crippen LogP) is 5.87. The summed E-state index contributed by atoms with van der Waals surface area (Å²) in [6, 6.07) is 12.2. The van der Waals surface area contributed by atoms with Gasteiger partial charge >= 0.3 is 6.18 Å². The van der Waals surface area contributed by atoms with Gasteiger partial charge in [-0.2, -0.15) is 13.2 Å². The Labute approximate surface area is 233 Å². The first-order chi connectivity index (χ1) is 19.1. The second-order valence-corrected chi connectivity index (χ2v) is 11.2. The van der Waals surface area contributed by atoms with Crippen LogP contribution in [0.2, 0.25) is 0 Å². The van der Waals surface area contributed by atoms with Crippen LogP contribution < -0.4 is 9.80 Å². The second-order valence-electron chi connectivity index (χ2n) is 11.2. The number of hydrogen-bond donors (Lipinski definition) is 0. The number of nitrogens with zero attached hydrogens (tertiary/aromatic N) is 5. The Morgan fingerprint density at radius 2 is 1.82 bits per heavy atom. The predicted molar refractivity (Wildman–Crippen MR) is 152 cm³/mol. The normalized spacial score (nSPS) is 18.2. The largest absolute Gasteiger partial charge is 0.417 e. The maximum absolute atomic E-state index is 14.0. The van der Waals surface area contributed by atoms with Gasteiger partial charge in [0.1, 0.15) is 12.1 Å². The minimum Gasteiger partial charge on any atom is -0.366 e. The molecule has 2 aliphatic rings. The molecule has 1 atom stereocenters. The molecule has 0 radical (unpaired) electrons. The molecular formula is C31H36F3N5O. The van der Waals surface area contributed by atoms with E-state index < -0.39 is 11.7 Å². The van der Waals surface area contributed by atoms with Crippen molar-refractivity contribution in [2.45, 2.75) is 58.8 Å². The number of anilines is 2. The lowest BCUT2D eigenvalue weighted by atomic mass is 9.98. The third-order valence-electron chi connectivity index (χ3n) is 8.13. The van der Waals surface area contributed by atoms with Crippen LogP contribution in [0.3, 0.4) is 0 Å². The number of aromatic nitrogens is 2. The lowest BCUT2D eigenvalue weighted by Crippen LogP contribution is -2.53. The number of piperazine rings is 1. The summed E-state index contributed by atoms with van der Waals surface area (Å²) in [4.78, 5) is 27.4. The average molecular weight is 552 g/mol. The molecule has 1 saturated heterocycles. The summed E-state index contributed by atoms with van der Waals surface area (Å²) in [5, 5.41) is 0.